The molecule has 0 heterocycles. The van der Waals surface area contributed by atoms with Gasteiger partial charge in [0.05, 0.1) is 6.61 Å². The fourth-order valence-electron chi connectivity index (χ4n) is 2.67. The molecule has 0 saturated heterocycles. The quantitative estimate of drug-likeness (QED) is 0.478. The van der Waals surface area contributed by atoms with Gasteiger partial charge in [-0.3, -0.25) is 14.4 Å². The fourth-order valence-corrected chi connectivity index (χ4v) is 2.67. The summed E-state index contributed by atoms with van der Waals surface area (Å²) in [5, 5.41) is 26.1. The van der Waals surface area contributed by atoms with Crippen molar-refractivity contribution in [1.82, 2.24) is 10.6 Å². The second-order valence-corrected chi connectivity index (χ2v) is 7.33. The van der Waals surface area contributed by atoms with Crippen LogP contribution in [0.25, 0.3) is 10.8 Å². The summed E-state index contributed by atoms with van der Waals surface area (Å²) in [6.45, 7) is 2.88. The second kappa shape index (κ2) is 9.43. The van der Waals surface area contributed by atoms with Crippen LogP contribution in [0.15, 0.2) is 42.5 Å². The maximum absolute atomic E-state index is 12.0. The summed E-state index contributed by atoms with van der Waals surface area (Å²) >= 11 is 0. The Labute approximate surface area is 163 Å². The highest BCUT2D eigenvalue weighted by molar-refractivity contribution is 6.36. The van der Waals surface area contributed by atoms with Crippen molar-refractivity contribution < 1.29 is 24.6 Å². The van der Waals surface area contributed by atoms with E-state index >= 15 is 0 Å². The summed E-state index contributed by atoms with van der Waals surface area (Å²) in [7, 11) is 0. The first kappa shape index (κ1) is 21.5. The lowest BCUT2D eigenvalue weighted by Gasteiger charge is -2.27. The molecule has 7 heteroatoms. The standard InChI is InChI=1S/C21H26N2O5/c1-21(2,13-24)18(26)20(28)22-11-10-17(25)19(27)23-12-15-8-5-7-14-6-3-4-9-16(14)15/h3-9,18,24,26H,10-13H2,1-2H3,(H,22,28)(H,23,27). The van der Waals surface area contributed by atoms with E-state index in [0.29, 0.717) is 0 Å². The van der Waals surface area contributed by atoms with Crippen LogP contribution in [0.4, 0.5) is 0 Å². The Kier molecular flexibility index (Phi) is 7.25. The Hall–Kier alpha value is -2.77. The van der Waals surface area contributed by atoms with Crippen LogP contribution in [0.2, 0.25) is 0 Å². The summed E-state index contributed by atoms with van der Waals surface area (Å²) in [5.74, 6) is -2.07. The van der Waals surface area contributed by atoms with E-state index in [4.69, 9.17) is 0 Å². The molecule has 150 valence electrons. The highest BCUT2D eigenvalue weighted by Crippen LogP contribution is 2.19. The van der Waals surface area contributed by atoms with Crippen molar-refractivity contribution in [3.8, 4) is 0 Å². The van der Waals surface area contributed by atoms with Crippen LogP contribution in [-0.4, -0.2) is 47.1 Å². The lowest BCUT2D eigenvalue weighted by atomic mass is 9.87. The molecule has 0 fully saturated rings. The molecule has 2 aromatic rings. The van der Waals surface area contributed by atoms with Crippen LogP contribution in [0.3, 0.4) is 0 Å². The van der Waals surface area contributed by atoms with Crippen molar-refractivity contribution in [2.75, 3.05) is 13.2 Å². The van der Waals surface area contributed by atoms with Crippen LogP contribution in [-0.2, 0) is 20.9 Å². The topological polar surface area (TPSA) is 116 Å². The van der Waals surface area contributed by atoms with Crippen molar-refractivity contribution >= 4 is 28.4 Å². The van der Waals surface area contributed by atoms with Crippen molar-refractivity contribution in [2.45, 2.75) is 32.9 Å². The van der Waals surface area contributed by atoms with Gasteiger partial charge in [-0.05, 0) is 16.3 Å². The third kappa shape index (κ3) is 5.37. The Morgan fingerprint density at radius 2 is 1.71 bits per heavy atom. The molecule has 1 atom stereocenters. The highest BCUT2D eigenvalue weighted by Gasteiger charge is 2.32. The van der Waals surface area contributed by atoms with E-state index in [1.165, 1.54) is 0 Å². The molecule has 4 N–H and O–H groups in total. The third-order valence-electron chi connectivity index (χ3n) is 4.62. The molecule has 2 amide bonds. The maximum atomic E-state index is 12.0. The van der Waals surface area contributed by atoms with E-state index in [1.807, 2.05) is 42.5 Å². The first-order valence-electron chi connectivity index (χ1n) is 9.10. The minimum Gasteiger partial charge on any atom is -0.396 e. The predicted molar refractivity (Wildman–Crippen MR) is 105 cm³/mol. The van der Waals surface area contributed by atoms with Crippen LogP contribution in [0, 0.1) is 5.41 Å². The molecular formula is C21H26N2O5. The van der Waals surface area contributed by atoms with Crippen LogP contribution in [0.1, 0.15) is 25.8 Å². The molecular weight excluding hydrogens is 360 g/mol. The Bertz CT molecular complexity index is 857. The Morgan fingerprint density at radius 1 is 1.04 bits per heavy atom. The van der Waals surface area contributed by atoms with E-state index in [-0.39, 0.29) is 26.1 Å². The number of aliphatic hydroxyl groups is 2. The van der Waals surface area contributed by atoms with E-state index in [1.54, 1.807) is 13.8 Å². The molecule has 2 aromatic carbocycles. The minimum absolute atomic E-state index is 0.0715. The number of fused-ring (bicyclic) bond motifs is 1. The van der Waals surface area contributed by atoms with Crippen molar-refractivity contribution in [3.05, 3.63) is 48.0 Å². The SMILES string of the molecule is CC(C)(CO)C(O)C(=O)NCCC(=O)C(=O)NCc1cccc2ccccc12. The zero-order valence-electron chi connectivity index (χ0n) is 16.1. The first-order valence-corrected chi connectivity index (χ1v) is 9.10. The molecule has 0 aromatic heterocycles. The lowest BCUT2D eigenvalue weighted by Crippen LogP contribution is -2.46. The molecule has 7 nitrogen and oxygen atoms in total. The zero-order valence-corrected chi connectivity index (χ0v) is 16.1. The van der Waals surface area contributed by atoms with Gasteiger partial charge in [-0.25, -0.2) is 0 Å². The Morgan fingerprint density at radius 3 is 2.43 bits per heavy atom. The number of benzene rings is 2. The van der Waals surface area contributed by atoms with Gasteiger partial charge in [0.1, 0.15) is 6.10 Å². The largest absolute Gasteiger partial charge is 0.396 e. The van der Waals surface area contributed by atoms with Gasteiger partial charge in [-0.2, -0.15) is 0 Å². The molecule has 0 aliphatic heterocycles. The molecule has 0 spiro atoms. The van der Waals surface area contributed by atoms with Crippen molar-refractivity contribution in [3.63, 3.8) is 0 Å². The lowest BCUT2D eigenvalue weighted by molar-refractivity contribution is -0.139. The van der Waals surface area contributed by atoms with Crippen molar-refractivity contribution in [1.29, 1.82) is 0 Å². The summed E-state index contributed by atoms with van der Waals surface area (Å²) in [6.07, 6.45) is -1.59. The number of nitrogens with one attached hydrogen (secondary N) is 2. The third-order valence-corrected chi connectivity index (χ3v) is 4.62. The number of carbonyl (C=O) groups excluding carboxylic acids is 3. The summed E-state index contributed by atoms with van der Waals surface area (Å²) in [5.41, 5.74) is -0.0916. The molecule has 0 bridgehead atoms. The fraction of sp³-hybridized carbons (Fsp3) is 0.381. The smallest absolute Gasteiger partial charge is 0.287 e. The number of aliphatic hydroxyl groups excluding tert-OH is 2. The highest BCUT2D eigenvalue weighted by atomic mass is 16.3. The van der Waals surface area contributed by atoms with Crippen LogP contribution in [0.5, 0.6) is 0 Å². The average molecular weight is 386 g/mol. The van der Waals surface area contributed by atoms with Gasteiger partial charge < -0.3 is 20.8 Å². The molecule has 0 aliphatic rings. The number of amides is 2. The minimum atomic E-state index is -1.41. The summed E-state index contributed by atoms with van der Waals surface area (Å²) in [4.78, 5) is 35.8. The molecule has 28 heavy (non-hydrogen) atoms. The Balaban J connectivity index is 1.82. The number of hydrogen-bond donors (Lipinski definition) is 4. The monoisotopic (exact) mass is 386 g/mol. The molecule has 0 saturated carbocycles. The number of ketones is 1. The predicted octanol–water partition coefficient (Wildman–Crippen LogP) is 0.911. The van der Waals surface area contributed by atoms with Crippen LogP contribution >= 0.6 is 0 Å². The van der Waals surface area contributed by atoms with Gasteiger partial charge >= 0.3 is 0 Å². The summed E-state index contributed by atoms with van der Waals surface area (Å²) < 4.78 is 0. The first-order chi connectivity index (χ1) is 13.3. The maximum Gasteiger partial charge on any atom is 0.287 e. The molecule has 2 rings (SSSR count). The van der Waals surface area contributed by atoms with E-state index < -0.39 is 29.1 Å². The van der Waals surface area contributed by atoms with Gasteiger partial charge in [0, 0.05) is 24.9 Å². The molecule has 0 aliphatic carbocycles. The van der Waals surface area contributed by atoms with E-state index in [2.05, 4.69) is 10.6 Å². The molecule has 0 radical (unpaired) electrons. The van der Waals surface area contributed by atoms with Gasteiger partial charge in [-0.1, -0.05) is 56.3 Å². The zero-order chi connectivity index (χ0) is 20.7. The number of rotatable bonds is 9. The average Bonchev–Trinajstić information content (AvgIpc) is 2.70. The molecule has 1 unspecified atom stereocenters. The summed E-state index contributed by atoms with van der Waals surface area (Å²) in [6, 6.07) is 13.5. The van der Waals surface area contributed by atoms with Gasteiger partial charge in [-0.15, -0.1) is 0 Å². The van der Waals surface area contributed by atoms with Gasteiger partial charge in [0.15, 0.2) is 0 Å². The van der Waals surface area contributed by atoms with E-state index in [9.17, 15) is 24.6 Å². The normalized spacial score (nSPS) is 12.4. The number of hydrogen-bond acceptors (Lipinski definition) is 5. The second-order valence-electron chi connectivity index (χ2n) is 7.33. The van der Waals surface area contributed by atoms with E-state index in [0.717, 1.165) is 16.3 Å². The number of Topliss-reactive ketones (excluding diaryl/α,β-unsaturated/α-hetero) is 1. The number of carbonyl (C=O) groups is 3. The van der Waals surface area contributed by atoms with Crippen LogP contribution < -0.4 is 10.6 Å². The van der Waals surface area contributed by atoms with Gasteiger partial charge in [0.25, 0.3) is 5.91 Å². The van der Waals surface area contributed by atoms with Crippen molar-refractivity contribution in [2.24, 2.45) is 5.41 Å². The van der Waals surface area contributed by atoms with Gasteiger partial charge in [0.2, 0.25) is 11.7 Å².